The molecule has 0 bridgehead atoms. The molecule has 0 amide bonds. The molecule has 2 fully saturated rings. The normalized spacial score (nSPS) is 34.4. The Morgan fingerprint density at radius 1 is 1.38 bits per heavy atom. The molecule has 2 aliphatic rings. The van der Waals surface area contributed by atoms with Crippen molar-refractivity contribution in [1.29, 1.82) is 0 Å². The number of aliphatic hydroxyl groups is 1. The number of carbonyl (C=O) groups excluding carboxylic acids is 1. The highest BCUT2D eigenvalue weighted by molar-refractivity contribution is 5.81. The van der Waals surface area contributed by atoms with E-state index in [1.165, 1.54) is 12.3 Å². The summed E-state index contributed by atoms with van der Waals surface area (Å²) in [5.41, 5.74) is 0. The van der Waals surface area contributed by atoms with Crippen LogP contribution in [-0.2, 0) is 33.2 Å². The molecule has 2 rings (SSSR count). The van der Waals surface area contributed by atoms with Crippen LogP contribution in [0.5, 0.6) is 0 Å². The first kappa shape index (κ1) is 24.1. The predicted molar refractivity (Wildman–Crippen MR) is 105 cm³/mol. The van der Waals surface area contributed by atoms with Gasteiger partial charge in [0.1, 0.15) is 19.0 Å². The molecule has 1 spiro atoms. The van der Waals surface area contributed by atoms with Gasteiger partial charge in [0.2, 0.25) is 0 Å². The lowest BCUT2D eigenvalue weighted by molar-refractivity contribution is -0.341. The Bertz CT molecular complexity index is 531. The van der Waals surface area contributed by atoms with E-state index in [2.05, 4.69) is 13.8 Å². The molecule has 0 saturated carbocycles. The first-order valence-corrected chi connectivity index (χ1v) is 10.4. The molecule has 0 radical (unpaired) electrons. The van der Waals surface area contributed by atoms with Crippen molar-refractivity contribution in [2.45, 2.75) is 64.6 Å². The van der Waals surface area contributed by atoms with Crippen molar-refractivity contribution in [2.75, 3.05) is 33.7 Å². The molecule has 29 heavy (non-hydrogen) atoms. The summed E-state index contributed by atoms with van der Waals surface area (Å²) in [6, 6.07) is 0. The monoisotopic (exact) mass is 416 g/mol. The summed E-state index contributed by atoms with van der Waals surface area (Å²) in [6.45, 7) is 8.76. The Morgan fingerprint density at radius 2 is 2.14 bits per heavy atom. The number of hydrogen-bond acceptors (Lipinski definition) is 8. The van der Waals surface area contributed by atoms with Crippen molar-refractivity contribution in [2.24, 2.45) is 17.8 Å². The minimum Gasteiger partial charge on any atom is -0.495 e. The van der Waals surface area contributed by atoms with Crippen molar-refractivity contribution >= 4 is 5.97 Å². The van der Waals surface area contributed by atoms with Crippen LogP contribution in [0.4, 0.5) is 0 Å². The van der Waals surface area contributed by atoms with Crippen molar-refractivity contribution < 1.29 is 38.3 Å². The summed E-state index contributed by atoms with van der Waals surface area (Å²) in [5, 5.41) is 9.78. The van der Waals surface area contributed by atoms with Crippen molar-refractivity contribution in [3.05, 3.63) is 12.3 Å². The second-order valence-electron chi connectivity index (χ2n) is 7.85. The van der Waals surface area contributed by atoms with Crippen LogP contribution in [0, 0.1) is 17.8 Å². The molecule has 2 aliphatic heterocycles. The van der Waals surface area contributed by atoms with Gasteiger partial charge >= 0.3 is 5.97 Å². The van der Waals surface area contributed by atoms with Crippen LogP contribution < -0.4 is 0 Å². The second-order valence-corrected chi connectivity index (χ2v) is 7.85. The van der Waals surface area contributed by atoms with E-state index >= 15 is 0 Å². The Morgan fingerprint density at radius 3 is 2.72 bits per heavy atom. The first-order valence-electron chi connectivity index (χ1n) is 10.4. The molecule has 2 heterocycles. The van der Waals surface area contributed by atoms with E-state index < -0.39 is 30.1 Å². The zero-order valence-corrected chi connectivity index (χ0v) is 18.2. The van der Waals surface area contributed by atoms with Crippen LogP contribution >= 0.6 is 0 Å². The van der Waals surface area contributed by atoms with Gasteiger partial charge in [0, 0.05) is 37.9 Å². The van der Waals surface area contributed by atoms with E-state index in [1.54, 1.807) is 14.0 Å². The number of methoxy groups -OCH3 is 1. The Balaban J connectivity index is 2.28. The van der Waals surface area contributed by atoms with Crippen molar-refractivity contribution in [3.63, 3.8) is 0 Å². The molecule has 168 valence electrons. The van der Waals surface area contributed by atoms with E-state index in [-0.39, 0.29) is 31.2 Å². The molecule has 1 N–H and O–H groups in total. The number of carbonyl (C=O) groups is 1. The Labute approximate surface area is 173 Å². The summed E-state index contributed by atoms with van der Waals surface area (Å²) in [4.78, 5) is 11.6. The van der Waals surface area contributed by atoms with Gasteiger partial charge in [0.15, 0.2) is 5.79 Å². The fourth-order valence-electron chi connectivity index (χ4n) is 4.14. The molecular formula is C21H36O8. The van der Waals surface area contributed by atoms with Crippen LogP contribution in [0.3, 0.4) is 0 Å². The summed E-state index contributed by atoms with van der Waals surface area (Å²) in [6.07, 6.45) is 2.95. The zero-order chi connectivity index (χ0) is 21.4. The molecule has 2 saturated heterocycles. The molecule has 0 aromatic heterocycles. The van der Waals surface area contributed by atoms with E-state index in [0.29, 0.717) is 13.2 Å². The maximum absolute atomic E-state index is 11.6. The van der Waals surface area contributed by atoms with Crippen LogP contribution in [0.1, 0.15) is 40.5 Å². The fraction of sp³-hybridized carbons (Fsp3) is 0.857. The number of rotatable bonds is 10. The van der Waals surface area contributed by atoms with Gasteiger partial charge in [-0.05, 0) is 13.3 Å². The van der Waals surface area contributed by atoms with Crippen LogP contribution in [0.15, 0.2) is 12.3 Å². The predicted octanol–water partition coefficient (Wildman–Crippen LogP) is 2.24. The average Bonchev–Trinajstić information content (AvgIpc) is 3.18. The minimum atomic E-state index is -0.696. The maximum atomic E-state index is 11.6. The van der Waals surface area contributed by atoms with E-state index in [9.17, 15) is 9.90 Å². The summed E-state index contributed by atoms with van der Waals surface area (Å²) >= 11 is 0. The fourth-order valence-corrected chi connectivity index (χ4v) is 4.14. The summed E-state index contributed by atoms with van der Waals surface area (Å²) in [7, 11) is 1.55. The molecular weight excluding hydrogens is 380 g/mol. The van der Waals surface area contributed by atoms with Crippen LogP contribution in [-0.4, -0.2) is 68.9 Å². The Hall–Kier alpha value is -1.19. The second kappa shape index (κ2) is 11.3. The molecule has 0 aromatic carbocycles. The van der Waals surface area contributed by atoms with Gasteiger partial charge < -0.3 is 33.5 Å². The molecule has 0 aliphatic carbocycles. The van der Waals surface area contributed by atoms with Gasteiger partial charge in [-0.3, -0.25) is 0 Å². The molecule has 0 aromatic rings. The maximum Gasteiger partial charge on any atom is 0.333 e. The van der Waals surface area contributed by atoms with Crippen LogP contribution in [0.2, 0.25) is 0 Å². The largest absolute Gasteiger partial charge is 0.495 e. The first-order chi connectivity index (χ1) is 13.9. The van der Waals surface area contributed by atoms with Gasteiger partial charge in [0.05, 0.1) is 31.7 Å². The van der Waals surface area contributed by atoms with Gasteiger partial charge in [-0.15, -0.1) is 0 Å². The summed E-state index contributed by atoms with van der Waals surface area (Å²) in [5.74, 6) is -1.24. The molecule has 7 atom stereocenters. The smallest absolute Gasteiger partial charge is 0.333 e. The third-order valence-corrected chi connectivity index (χ3v) is 5.95. The minimum absolute atomic E-state index is 0.0539. The highest BCUT2D eigenvalue weighted by atomic mass is 16.7. The number of ether oxygens (including phenoxy) is 6. The topological polar surface area (TPSA) is 92.7 Å². The highest BCUT2D eigenvalue weighted by Gasteiger charge is 2.56. The summed E-state index contributed by atoms with van der Waals surface area (Å²) < 4.78 is 34.5. The zero-order valence-electron chi connectivity index (χ0n) is 18.2. The Kier molecular flexibility index (Phi) is 9.36. The van der Waals surface area contributed by atoms with Gasteiger partial charge in [-0.25, -0.2) is 4.79 Å². The van der Waals surface area contributed by atoms with E-state index in [4.69, 9.17) is 28.4 Å². The van der Waals surface area contributed by atoms with Gasteiger partial charge in [0.25, 0.3) is 0 Å². The SMILES string of the molecule is CCOC(=O)/C=C/O[C@@H]1[C@@H](C)[C@H](C)[C@@]2(CCCO2)O[C@H]1[C@@H](OCOC)[C@H](C)CO. The molecule has 8 nitrogen and oxygen atoms in total. The standard InChI is InChI=1S/C21H36O8/c1-6-25-17(23)8-11-26-19-15(3)16(4)21(9-7-10-28-21)29-20(19)18(14(2)12-22)27-13-24-5/h8,11,14-16,18-20,22H,6-7,9-10,12-13H2,1-5H3/b11-8+/t14-,15+,16+,18+,19-,20+,21-/m1/s1. The van der Waals surface area contributed by atoms with Crippen LogP contribution in [0.25, 0.3) is 0 Å². The third-order valence-electron chi connectivity index (χ3n) is 5.95. The number of hydrogen-bond donors (Lipinski definition) is 1. The lowest BCUT2D eigenvalue weighted by Gasteiger charge is -2.51. The average molecular weight is 417 g/mol. The van der Waals surface area contributed by atoms with Gasteiger partial charge in [-0.2, -0.15) is 0 Å². The highest BCUT2D eigenvalue weighted by Crippen LogP contribution is 2.47. The van der Waals surface area contributed by atoms with E-state index in [0.717, 1.165) is 12.8 Å². The molecule has 8 heteroatoms. The lowest BCUT2D eigenvalue weighted by atomic mass is 9.76. The molecule has 0 unspecified atom stereocenters. The number of esters is 1. The quantitative estimate of drug-likeness (QED) is 0.251. The lowest BCUT2D eigenvalue weighted by Crippen LogP contribution is -2.61. The van der Waals surface area contributed by atoms with E-state index in [1.807, 2.05) is 6.92 Å². The third kappa shape index (κ3) is 5.70. The van der Waals surface area contributed by atoms with Crippen molar-refractivity contribution in [1.82, 2.24) is 0 Å². The number of aliphatic hydroxyl groups excluding tert-OH is 1. The van der Waals surface area contributed by atoms with Crippen molar-refractivity contribution in [3.8, 4) is 0 Å². The van der Waals surface area contributed by atoms with Gasteiger partial charge in [-0.1, -0.05) is 20.8 Å².